The average Bonchev–Trinajstić information content (AvgIpc) is 2.74. The lowest BCUT2D eigenvalue weighted by Gasteiger charge is -2.09. The molecule has 1 heterocycles. The van der Waals surface area contributed by atoms with Crippen molar-refractivity contribution in [2.75, 3.05) is 12.3 Å². The summed E-state index contributed by atoms with van der Waals surface area (Å²) in [5, 5.41) is 7.38. The van der Waals surface area contributed by atoms with Crippen LogP contribution in [0.2, 0.25) is 0 Å². The summed E-state index contributed by atoms with van der Waals surface area (Å²) in [4.78, 5) is 4.41. The number of hydrogen-bond acceptors (Lipinski definition) is 5. The van der Waals surface area contributed by atoms with Gasteiger partial charge in [0.1, 0.15) is 0 Å². The zero-order valence-corrected chi connectivity index (χ0v) is 12.7. The largest absolute Gasteiger partial charge is 0.339 e. The van der Waals surface area contributed by atoms with E-state index in [1.807, 2.05) is 11.8 Å². The maximum Gasteiger partial charge on any atom is 0.226 e. The first-order chi connectivity index (χ1) is 8.61. The van der Waals surface area contributed by atoms with Gasteiger partial charge in [-0.3, -0.25) is 0 Å². The highest BCUT2D eigenvalue weighted by Gasteiger charge is 2.08. The molecule has 5 heteroatoms. The van der Waals surface area contributed by atoms with Crippen molar-refractivity contribution in [3.8, 4) is 0 Å². The minimum absolute atomic E-state index is 0.501. The van der Waals surface area contributed by atoms with Gasteiger partial charge >= 0.3 is 0 Å². The molecule has 18 heavy (non-hydrogen) atoms. The summed E-state index contributed by atoms with van der Waals surface area (Å²) in [6, 6.07) is 0.501. The van der Waals surface area contributed by atoms with Crippen molar-refractivity contribution < 1.29 is 4.52 Å². The van der Waals surface area contributed by atoms with Gasteiger partial charge in [-0.25, -0.2) is 0 Å². The molecule has 0 aliphatic carbocycles. The predicted octanol–water partition coefficient (Wildman–Crippen LogP) is 2.89. The van der Waals surface area contributed by atoms with E-state index in [4.69, 9.17) is 4.52 Å². The molecule has 1 unspecified atom stereocenters. The van der Waals surface area contributed by atoms with Gasteiger partial charge in [-0.1, -0.05) is 25.9 Å². The van der Waals surface area contributed by atoms with Gasteiger partial charge in [0.15, 0.2) is 5.82 Å². The number of nitrogens with one attached hydrogen (secondary N) is 1. The highest BCUT2D eigenvalue weighted by atomic mass is 32.2. The standard InChI is InChI=1S/C13H25N3OS/c1-5-14-11(4)6-7-13-15-12(16-17-13)9-18-8-10(2)3/h10-11,14H,5-9H2,1-4H3. The second-order valence-corrected chi connectivity index (χ2v) is 6.04. The van der Waals surface area contributed by atoms with Crippen LogP contribution in [0.5, 0.6) is 0 Å². The van der Waals surface area contributed by atoms with Crippen molar-refractivity contribution in [3.63, 3.8) is 0 Å². The van der Waals surface area contributed by atoms with Crippen LogP contribution >= 0.6 is 11.8 Å². The molecular weight excluding hydrogens is 246 g/mol. The first kappa shape index (κ1) is 15.5. The molecular formula is C13H25N3OS. The van der Waals surface area contributed by atoms with Gasteiger partial charge < -0.3 is 9.84 Å². The van der Waals surface area contributed by atoms with Gasteiger partial charge in [0, 0.05) is 12.5 Å². The second-order valence-electron chi connectivity index (χ2n) is 5.01. The fourth-order valence-electron chi connectivity index (χ4n) is 1.63. The quantitative estimate of drug-likeness (QED) is 0.748. The molecule has 0 fully saturated rings. The van der Waals surface area contributed by atoms with Gasteiger partial charge in [0.25, 0.3) is 0 Å². The highest BCUT2D eigenvalue weighted by Crippen LogP contribution is 2.13. The van der Waals surface area contributed by atoms with Gasteiger partial charge in [0.05, 0.1) is 5.75 Å². The van der Waals surface area contributed by atoms with Gasteiger partial charge in [0.2, 0.25) is 5.89 Å². The first-order valence-electron chi connectivity index (χ1n) is 6.74. The Hall–Kier alpha value is -0.550. The van der Waals surface area contributed by atoms with Crippen molar-refractivity contribution in [2.45, 2.75) is 52.3 Å². The summed E-state index contributed by atoms with van der Waals surface area (Å²) in [5.74, 6) is 4.29. The molecule has 1 aromatic heterocycles. The van der Waals surface area contributed by atoms with Gasteiger partial charge in [-0.15, -0.1) is 0 Å². The number of nitrogens with zero attached hydrogens (tertiary/aromatic N) is 2. The molecule has 4 nitrogen and oxygen atoms in total. The van der Waals surface area contributed by atoms with E-state index < -0.39 is 0 Å². The minimum Gasteiger partial charge on any atom is -0.339 e. The third-order valence-corrected chi connectivity index (χ3v) is 3.90. The molecule has 1 rings (SSSR count). The van der Waals surface area contributed by atoms with Crippen molar-refractivity contribution in [2.24, 2.45) is 5.92 Å². The third-order valence-electron chi connectivity index (χ3n) is 2.54. The van der Waals surface area contributed by atoms with Crippen LogP contribution < -0.4 is 5.32 Å². The van der Waals surface area contributed by atoms with Crippen molar-refractivity contribution >= 4 is 11.8 Å². The topological polar surface area (TPSA) is 51.0 Å². The molecule has 1 atom stereocenters. The van der Waals surface area contributed by atoms with Crippen LogP contribution in [-0.2, 0) is 12.2 Å². The Kier molecular flexibility index (Phi) is 7.35. The zero-order chi connectivity index (χ0) is 13.4. The van der Waals surface area contributed by atoms with Crippen molar-refractivity contribution in [1.29, 1.82) is 0 Å². The molecule has 0 aliphatic heterocycles. The molecule has 1 aromatic rings. The molecule has 0 saturated heterocycles. The normalized spacial score (nSPS) is 13.2. The van der Waals surface area contributed by atoms with Crippen LogP contribution in [0.4, 0.5) is 0 Å². The van der Waals surface area contributed by atoms with Crippen LogP contribution in [0.3, 0.4) is 0 Å². The van der Waals surface area contributed by atoms with Crippen LogP contribution in [0.25, 0.3) is 0 Å². The van der Waals surface area contributed by atoms with Crippen LogP contribution in [0, 0.1) is 5.92 Å². The molecule has 104 valence electrons. The third kappa shape index (κ3) is 6.40. The monoisotopic (exact) mass is 271 g/mol. The maximum atomic E-state index is 5.25. The summed E-state index contributed by atoms with van der Waals surface area (Å²) >= 11 is 1.86. The SMILES string of the molecule is CCNC(C)CCc1nc(CSCC(C)C)no1. The Balaban J connectivity index is 2.25. The second kappa shape index (κ2) is 8.53. The average molecular weight is 271 g/mol. The number of aromatic nitrogens is 2. The van der Waals surface area contributed by atoms with Crippen molar-refractivity contribution in [3.05, 3.63) is 11.7 Å². The Bertz CT molecular complexity index is 328. The molecule has 0 radical (unpaired) electrons. The van der Waals surface area contributed by atoms with Crippen LogP contribution in [0.15, 0.2) is 4.52 Å². The molecule has 0 saturated carbocycles. The summed E-state index contributed by atoms with van der Waals surface area (Å²) in [7, 11) is 0. The van der Waals surface area contributed by atoms with Crippen molar-refractivity contribution in [1.82, 2.24) is 15.5 Å². The van der Waals surface area contributed by atoms with E-state index in [1.54, 1.807) is 0 Å². The summed E-state index contributed by atoms with van der Waals surface area (Å²) in [5.41, 5.74) is 0. The van der Waals surface area contributed by atoms with E-state index in [2.05, 4.69) is 43.2 Å². The molecule has 1 N–H and O–H groups in total. The van der Waals surface area contributed by atoms with E-state index in [0.717, 1.165) is 42.6 Å². The van der Waals surface area contributed by atoms with E-state index in [9.17, 15) is 0 Å². The fourth-order valence-corrected chi connectivity index (χ4v) is 2.52. The lowest BCUT2D eigenvalue weighted by Crippen LogP contribution is -2.25. The van der Waals surface area contributed by atoms with Gasteiger partial charge in [-0.05, 0) is 31.6 Å². The Labute approximate surface area is 114 Å². The Morgan fingerprint density at radius 3 is 2.78 bits per heavy atom. The predicted molar refractivity (Wildman–Crippen MR) is 76.8 cm³/mol. The van der Waals surface area contributed by atoms with E-state index in [1.165, 1.54) is 0 Å². The highest BCUT2D eigenvalue weighted by molar-refractivity contribution is 7.98. The molecule has 0 bridgehead atoms. The minimum atomic E-state index is 0.501. The maximum absolute atomic E-state index is 5.25. The summed E-state index contributed by atoms with van der Waals surface area (Å²) in [6.45, 7) is 9.74. The lowest BCUT2D eigenvalue weighted by atomic mass is 10.2. The van der Waals surface area contributed by atoms with Gasteiger partial charge in [-0.2, -0.15) is 16.7 Å². The zero-order valence-electron chi connectivity index (χ0n) is 11.9. The summed E-state index contributed by atoms with van der Waals surface area (Å²) < 4.78 is 5.25. The molecule has 0 amide bonds. The van der Waals surface area contributed by atoms with Crippen LogP contribution in [-0.4, -0.2) is 28.5 Å². The number of hydrogen-bond donors (Lipinski definition) is 1. The fraction of sp³-hybridized carbons (Fsp3) is 0.846. The number of rotatable bonds is 9. The summed E-state index contributed by atoms with van der Waals surface area (Å²) in [6.07, 6.45) is 1.89. The van der Waals surface area contributed by atoms with E-state index in [0.29, 0.717) is 12.0 Å². The molecule has 0 spiro atoms. The number of aryl methyl sites for hydroxylation is 1. The van der Waals surface area contributed by atoms with E-state index >= 15 is 0 Å². The number of thioether (sulfide) groups is 1. The first-order valence-corrected chi connectivity index (χ1v) is 7.89. The smallest absolute Gasteiger partial charge is 0.226 e. The lowest BCUT2D eigenvalue weighted by molar-refractivity contribution is 0.364. The Morgan fingerprint density at radius 1 is 1.33 bits per heavy atom. The Morgan fingerprint density at radius 2 is 2.11 bits per heavy atom. The van der Waals surface area contributed by atoms with E-state index in [-0.39, 0.29) is 0 Å². The van der Waals surface area contributed by atoms with Crippen LogP contribution in [0.1, 0.15) is 45.8 Å². The molecule has 0 aromatic carbocycles. The molecule has 0 aliphatic rings.